The number of cyclic esters (lactones) is 1. The zero-order valence-corrected chi connectivity index (χ0v) is 10.5. The number of carbonyl (C=O) groups excluding carboxylic acids is 1. The van der Waals surface area contributed by atoms with E-state index in [0.29, 0.717) is 16.0 Å². The largest absolute Gasteiger partial charge is 0.456 e. The van der Waals surface area contributed by atoms with E-state index in [1.165, 1.54) is 6.08 Å². The number of hydrogen-bond donors (Lipinski definition) is 0. The van der Waals surface area contributed by atoms with Gasteiger partial charge in [-0.05, 0) is 11.6 Å². The summed E-state index contributed by atoms with van der Waals surface area (Å²) in [5.41, 5.74) is 0.699. The molecular weight excluding hydrogens is 267 g/mol. The van der Waals surface area contributed by atoms with Crippen molar-refractivity contribution in [2.45, 2.75) is 5.88 Å². The third-order valence-corrected chi connectivity index (χ3v) is 4.59. The summed E-state index contributed by atoms with van der Waals surface area (Å²) < 4.78 is 17.8. The smallest absolute Gasteiger partial charge is 0.339 e. The Bertz CT molecular complexity index is 449. The molecule has 4 nitrogen and oxygen atoms in total. The van der Waals surface area contributed by atoms with Gasteiger partial charge in [-0.2, -0.15) is 4.98 Å². The van der Waals surface area contributed by atoms with E-state index < -0.39 is 6.67 Å². The van der Waals surface area contributed by atoms with E-state index in [-0.39, 0.29) is 29.6 Å². The fourth-order valence-corrected chi connectivity index (χ4v) is 3.19. The second-order valence-corrected chi connectivity index (χ2v) is 5.78. The van der Waals surface area contributed by atoms with Gasteiger partial charge in [-0.25, -0.2) is 9.18 Å². The van der Waals surface area contributed by atoms with Crippen molar-refractivity contribution in [2.24, 2.45) is 0 Å². The molecule has 0 saturated heterocycles. The molecule has 2 rings (SSSR count). The first kappa shape index (κ1) is 12.3. The number of esters is 1. The summed E-state index contributed by atoms with van der Waals surface area (Å²) in [5, 5.41) is 1.88. The maximum atomic E-state index is 12.5. The number of nitrogens with zero attached hydrogens (tertiary/aromatic N) is 2. The Morgan fingerprint density at radius 3 is 3.00 bits per heavy atom. The van der Waals surface area contributed by atoms with Crippen LogP contribution in [0.2, 0.25) is 4.47 Å². The molecule has 1 aromatic heterocycles. The molecule has 1 unspecified atom stereocenters. The van der Waals surface area contributed by atoms with Crippen molar-refractivity contribution in [3.63, 3.8) is 0 Å². The summed E-state index contributed by atoms with van der Waals surface area (Å²) in [6, 6.07) is 0. The molecule has 1 atom stereocenters. The van der Waals surface area contributed by atoms with Crippen LogP contribution in [-0.2, 0) is 15.4 Å². The number of rotatable bonds is 5. The highest BCUT2D eigenvalue weighted by molar-refractivity contribution is 7.32. The molecule has 17 heavy (non-hydrogen) atoms. The quantitative estimate of drug-likeness (QED) is 0.611. The lowest BCUT2D eigenvalue weighted by Gasteiger charge is -2.18. The SMILES string of the molecule is O=C1C=C(N(CCF)C[s+]2ccnc2Cl)CO1. The minimum Gasteiger partial charge on any atom is -0.456 e. The summed E-state index contributed by atoms with van der Waals surface area (Å²) in [4.78, 5) is 16.7. The highest BCUT2D eigenvalue weighted by atomic mass is 35.5. The zero-order valence-electron chi connectivity index (χ0n) is 8.94. The number of ether oxygens (including phenoxy) is 1. The molecule has 0 bridgehead atoms. The van der Waals surface area contributed by atoms with Crippen molar-refractivity contribution < 1.29 is 13.9 Å². The number of thiazole rings is 1. The van der Waals surface area contributed by atoms with E-state index in [0.717, 1.165) is 0 Å². The summed E-state index contributed by atoms with van der Waals surface area (Å²) in [5.74, 6) is 0.152. The molecule has 0 amide bonds. The lowest BCUT2D eigenvalue weighted by molar-refractivity contribution is -0.135. The molecule has 0 saturated carbocycles. The number of carbonyl (C=O) groups is 1. The lowest BCUT2D eigenvalue weighted by Crippen LogP contribution is -2.24. The second kappa shape index (κ2) is 5.46. The first-order chi connectivity index (χ1) is 8.20. The number of halogens is 2. The molecule has 7 heteroatoms. The van der Waals surface area contributed by atoms with E-state index in [1.807, 2.05) is 5.38 Å². The molecule has 0 spiro atoms. The standard InChI is InChI=1S/C10H11ClFN2O2S/c11-10-13-2-4-17(10)7-14(3-1-12)8-5-9(15)16-6-8/h2,4-5H,1,3,6-7H2/q+1. The Morgan fingerprint density at radius 1 is 1.65 bits per heavy atom. The molecule has 2 heterocycles. The third-order valence-electron chi connectivity index (χ3n) is 2.32. The highest BCUT2D eigenvalue weighted by Crippen LogP contribution is 2.30. The van der Waals surface area contributed by atoms with Gasteiger partial charge >= 0.3 is 10.4 Å². The van der Waals surface area contributed by atoms with Gasteiger partial charge in [0.25, 0.3) is 0 Å². The van der Waals surface area contributed by atoms with Gasteiger partial charge in [0.15, 0.2) is 5.38 Å². The fourth-order valence-electron chi connectivity index (χ4n) is 1.49. The number of aromatic nitrogens is 1. The Kier molecular flexibility index (Phi) is 3.96. The monoisotopic (exact) mass is 277 g/mol. The average molecular weight is 278 g/mol. The van der Waals surface area contributed by atoms with E-state index in [9.17, 15) is 9.18 Å². The maximum Gasteiger partial charge on any atom is 0.339 e. The van der Waals surface area contributed by atoms with Crippen molar-refractivity contribution in [2.75, 3.05) is 19.8 Å². The van der Waals surface area contributed by atoms with E-state index in [4.69, 9.17) is 16.3 Å². The molecule has 92 valence electrons. The van der Waals surface area contributed by atoms with Crippen molar-refractivity contribution in [3.05, 3.63) is 27.8 Å². The fraction of sp³-hybridized carbons (Fsp3) is 0.400. The number of hydrogen-bond acceptors (Lipinski definition) is 4. The zero-order chi connectivity index (χ0) is 12.3. The summed E-state index contributed by atoms with van der Waals surface area (Å²) in [6.45, 7) is -0.0559. The van der Waals surface area contributed by atoms with Gasteiger partial charge in [0.1, 0.15) is 13.3 Å². The van der Waals surface area contributed by atoms with Crippen molar-refractivity contribution in [3.8, 4) is 0 Å². The van der Waals surface area contributed by atoms with Crippen LogP contribution in [0.5, 0.6) is 0 Å². The van der Waals surface area contributed by atoms with Gasteiger partial charge in [0.2, 0.25) is 5.88 Å². The van der Waals surface area contributed by atoms with Gasteiger partial charge in [0, 0.05) is 16.5 Å². The topological polar surface area (TPSA) is 42.4 Å². The molecule has 0 aromatic carbocycles. The Balaban J connectivity index is 2.10. The highest BCUT2D eigenvalue weighted by Gasteiger charge is 2.24. The predicted octanol–water partition coefficient (Wildman–Crippen LogP) is 2.15. The number of alkyl halides is 1. The van der Waals surface area contributed by atoms with Crippen LogP contribution < -0.4 is 0 Å². The van der Waals surface area contributed by atoms with Crippen LogP contribution in [-0.4, -0.2) is 35.7 Å². The first-order valence-corrected chi connectivity index (χ1v) is 6.82. The normalized spacial score (nSPS) is 15.8. The minimum atomic E-state index is -0.485. The third kappa shape index (κ3) is 2.95. The van der Waals surface area contributed by atoms with Gasteiger partial charge < -0.3 is 9.64 Å². The minimum absolute atomic E-state index is 0.203. The Morgan fingerprint density at radius 2 is 2.47 bits per heavy atom. The summed E-state index contributed by atoms with van der Waals surface area (Å²) >= 11 is 5.92. The Hall–Kier alpha value is -1.14. The van der Waals surface area contributed by atoms with Crippen molar-refractivity contribution in [1.82, 2.24) is 9.88 Å². The van der Waals surface area contributed by atoms with Crippen molar-refractivity contribution in [1.29, 1.82) is 0 Å². The predicted molar refractivity (Wildman–Crippen MR) is 63.4 cm³/mol. The van der Waals surface area contributed by atoms with Gasteiger partial charge in [-0.1, -0.05) is 0 Å². The molecule has 0 aliphatic carbocycles. The van der Waals surface area contributed by atoms with Crippen LogP contribution in [0.4, 0.5) is 4.39 Å². The van der Waals surface area contributed by atoms with Gasteiger partial charge in [-0.15, -0.1) is 0 Å². The molecule has 1 aromatic rings. The molecular formula is C10H11ClFN2O2S+. The molecule has 0 N–H and O–H groups in total. The van der Waals surface area contributed by atoms with Crippen LogP contribution in [0.1, 0.15) is 0 Å². The van der Waals surface area contributed by atoms with Crippen LogP contribution in [0.15, 0.2) is 23.3 Å². The average Bonchev–Trinajstić information content (AvgIpc) is 2.88. The second-order valence-electron chi connectivity index (χ2n) is 3.42. The van der Waals surface area contributed by atoms with Crippen LogP contribution in [0.3, 0.4) is 0 Å². The summed E-state index contributed by atoms with van der Waals surface area (Å²) in [7, 11) is -0.324. The van der Waals surface area contributed by atoms with Crippen LogP contribution >= 0.6 is 22.1 Å². The molecule has 0 radical (unpaired) electrons. The molecule has 1 aliphatic heterocycles. The Labute approximate surface area is 106 Å². The van der Waals surface area contributed by atoms with Crippen molar-refractivity contribution >= 4 is 28.0 Å². The maximum absolute atomic E-state index is 12.5. The summed E-state index contributed by atoms with van der Waals surface area (Å²) in [6.07, 6.45) is 3.04. The van der Waals surface area contributed by atoms with E-state index in [1.54, 1.807) is 11.1 Å². The van der Waals surface area contributed by atoms with Gasteiger partial charge in [0.05, 0.1) is 18.4 Å². The van der Waals surface area contributed by atoms with Crippen LogP contribution in [0, 0.1) is 0 Å². The van der Waals surface area contributed by atoms with Crippen LogP contribution in [0.25, 0.3) is 0 Å². The van der Waals surface area contributed by atoms with E-state index in [2.05, 4.69) is 4.98 Å². The lowest BCUT2D eigenvalue weighted by atomic mass is 10.4. The molecule has 0 fully saturated rings. The molecule has 1 aliphatic rings. The van der Waals surface area contributed by atoms with E-state index >= 15 is 0 Å². The van der Waals surface area contributed by atoms with Gasteiger partial charge in [-0.3, -0.25) is 0 Å². The first-order valence-electron chi connectivity index (χ1n) is 4.98.